The van der Waals surface area contributed by atoms with Crippen LogP contribution >= 0.6 is 0 Å². The molecular formula is C21H25FN2O4S. The van der Waals surface area contributed by atoms with E-state index in [0.717, 1.165) is 0 Å². The van der Waals surface area contributed by atoms with Gasteiger partial charge in [-0.1, -0.05) is 19.9 Å². The average molecular weight is 421 g/mol. The van der Waals surface area contributed by atoms with Gasteiger partial charge in [0, 0.05) is 19.5 Å². The molecule has 1 amide bonds. The number of benzene rings is 2. The molecule has 0 atom stereocenters. The number of rotatable bonds is 10. The van der Waals surface area contributed by atoms with Crippen molar-refractivity contribution in [2.45, 2.75) is 31.6 Å². The van der Waals surface area contributed by atoms with E-state index in [4.69, 9.17) is 4.74 Å². The van der Waals surface area contributed by atoms with Crippen LogP contribution in [0.4, 0.5) is 10.1 Å². The minimum atomic E-state index is -3.71. The molecule has 0 saturated heterocycles. The van der Waals surface area contributed by atoms with Gasteiger partial charge in [0.05, 0.1) is 10.6 Å². The van der Waals surface area contributed by atoms with Crippen molar-refractivity contribution in [3.8, 4) is 11.5 Å². The number of carbonyl (C=O) groups is 1. The van der Waals surface area contributed by atoms with E-state index < -0.39 is 15.8 Å². The fourth-order valence-corrected chi connectivity index (χ4v) is 4.13. The minimum absolute atomic E-state index is 0.0478. The number of halogens is 1. The van der Waals surface area contributed by atoms with Gasteiger partial charge in [-0.3, -0.25) is 4.79 Å². The summed E-state index contributed by atoms with van der Waals surface area (Å²) < 4.78 is 45.9. The molecule has 0 unspecified atom stereocenters. The lowest BCUT2D eigenvalue weighted by atomic mass is 10.2. The molecule has 0 bridgehead atoms. The maximum atomic E-state index is 13.1. The summed E-state index contributed by atoms with van der Waals surface area (Å²) in [6.45, 7) is 7.75. The molecule has 8 heteroatoms. The van der Waals surface area contributed by atoms with Crippen LogP contribution in [0.5, 0.6) is 11.5 Å². The fraction of sp³-hybridized carbons (Fsp3) is 0.286. The van der Waals surface area contributed by atoms with E-state index in [0.29, 0.717) is 25.3 Å². The van der Waals surface area contributed by atoms with Gasteiger partial charge in [0.25, 0.3) is 0 Å². The van der Waals surface area contributed by atoms with Crippen LogP contribution in [0.1, 0.15) is 26.7 Å². The summed E-state index contributed by atoms with van der Waals surface area (Å²) >= 11 is 0. The van der Waals surface area contributed by atoms with Gasteiger partial charge in [-0.25, -0.2) is 12.8 Å². The van der Waals surface area contributed by atoms with Gasteiger partial charge in [-0.15, -0.1) is 6.58 Å². The molecule has 2 aromatic carbocycles. The Kier molecular flexibility index (Phi) is 7.92. The van der Waals surface area contributed by atoms with Crippen LogP contribution in [0.25, 0.3) is 0 Å². The molecule has 0 saturated carbocycles. The molecule has 2 rings (SSSR count). The lowest BCUT2D eigenvalue weighted by molar-refractivity contribution is -0.116. The Hall–Kier alpha value is -2.71. The molecule has 0 aromatic heterocycles. The van der Waals surface area contributed by atoms with E-state index in [1.165, 1.54) is 46.8 Å². The zero-order valence-electron chi connectivity index (χ0n) is 16.5. The SMILES string of the molecule is C=CCCC(=O)Nc1cc(S(=O)(=O)N(CC)CC)ccc1Oc1ccc(F)cc1. The average Bonchev–Trinajstić information content (AvgIpc) is 2.70. The van der Waals surface area contributed by atoms with Crippen molar-refractivity contribution in [1.82, 2.24) is 4.31 Å². The summed E-state index contributed by atoms with van der Waals surface area (Å²) in [4.78, 5) is 12.3. The number of sulfonamides is 1. The zero-order chi connectivity index (χ0) is 21.4. The predicted molar refractivity (Wildman–Crippen MR) is 111 cm³/mol. The van der Waals surface area contributed by atoms with E-state index in [9.17, 15) is 17.6 Å². The van der Waals surface area contributed by atoms with E-state index >= 15 is 0 Å². The molecule has 29 heavy (non-hydrogen) atoms. The molecular weight excluding hydrogens is 395 g/mol. The van der Waals surface area contributed by atoms with Crippen LogP contribution in [0.3, 0.4) is 0 Å². The van der Waals surface area contributed by atoms with E-state index in [1.807, 2.05) is 0 Å². The first-order chi connectivity index (χ1) is 13.8. The van der Waals surface area contributed by atoms with Crippen molar-refractivity contribution < 1.29 is 22.3 Å². The van der Waals surface area contributed by atoms with Crippen LogP contribution in [0, 0.1) is 5.82 Å². The van der Waals surface area contributed by atoms with Gasteiger partial charge >= 0.3 is 0 Å². The largest absolute Gasteiger partial charge is 0.455 e. The van der Waals surface area contributed by atoms with Crippen LogP contribution in [-0.2, 0) is 14.8 Å². The van der Waals surface area contributed by atoms with Gasteiger partial charge < -0.3 is 10.1 Å². The Morgan fingerprint density at radius 3 is 2.41 bits per heavy atom. The Morgan fingerprint density at radius 1 is 1.17 bits per heavy atom. The fourth-order valence-electron chi connectivity index (χ4n) is 2.64. The highest BCUT2D eigenvalue weighted by molar-refractivity contribution is 7.89. The molecule has 0 radical (unpaired) electrons. The van der Waals surface area contributed by atoms with Gasteiger partial charge in [-0.2, -0.15) is 4.31 Å². The third kappa shape index (κ3) is 5.88. The number of amides is 1. The number of hydrogen-bond donors (Lipinski definition) is 1. The first kappa shape index (κ1) is 22.6. The molecule has 2 aromatic rings. The predicted octanol–water partition coefficient (Wildman–Crippen LogP) is 4.55. The number of anilines is 1. The summed E-state index contributed by atoms with van der Waals surface area (Å²) in [6, 6.07) is 9.65. The second-order valence-electron chi connectivity index (χ2n) is 6.18. The molecule has 0 aliphatic heterocycles. The lowest BCUT2D eigenvalue weighted by Gasteiger charge is -2.20. The number of hydrogen-bond acceptors (Lipinski definition) is 4. The molecule has 0 aliphatic rings. The second-order valence-corrected chi connectivity index (χ2v) is 8.12. The maximum Gasteiger partial charge on any atom is 0.243 e. The van der Waals surface area contributed by atoms with Crippen molar-refractivity contribution in [2.24, 2.45) is 0 Å². The third-order valence-electron chi connectivity index (χ3n) is 4.19. The van der Waals surface area contributed by atoms with Gasteiger partial charge in [-0.05, 0) is 48.9 Å². The minimum Gasteiger partial charge on any atom is -0.455 e. The number of nitrogens with one attached hydrogen (secondary N) is 1. The van der Waals surface area contributed by atoms with Crippen molar-refractivity contribution in [1.29, 1.82) is 0 Å². The van der Waals surface area contributed by atoms with E-state index in [-0.39, 0.29) is 28.7 Å². The van der Waals surface area contributed by atoms with Crippen LogP contribution in [0.2, 0.25) is 0 Å². The van der Waals surface area contributed by atoms with E-state index in [2.05, 4.69) is 11.9 Å². The van der Waals surface area contributed by atoms with Crippen molar-refractivity contribution >= 4 is 21.6 Å². The molecule has 0 heterocycles. The Labute approximate surface area is 171 Å². The normalized spacial score (nSPS) is 11.3. The summed E-state index contributed by atoms with van der Waals surface area (Å²) in [5.41, 5.74) is 0.219. The smallest absolute Gasteiger partial charge is 0.243 e. The lowest BCUT2D eigenvalue weighted by Crippen LogP contribution is -2.30. The van der Waals surface area contributed by atoms with Crippen molar-refractivity contribution in [2.75, 3.05) is 18.4 Å². The highest BCUT2D eigenvalue weighted by Crippen LogP contribution is 2.33. The highest BCUT2D eigenvalue weighted by atomic mass is 32.2. The van der Waals surface area contributed by atoms with Gasteiger partial charge in [0.15, 0.2) is 5.75 Å². The Morgan fingerprint density at radius 2 is 1.83 bits per heavy atom. The van der Waals surface area contributed by atoms with E-state index in [1.54, 1.807) is 19.9 Å². The number of allylic oxidation sites excluding steroid dienone is 1. The molecule has 0 spiro atoms. The Balaban J connectivity index is 2.42. The molecule has 1 N–H and O–H groups in total. The van der Waals surface area contributed by atoms with Crippen molar-refractivity contribution in [3.05, 3.63) is 60.9 Å². The van der Waals surface area contributed by atoms with Crippen LogP contribution < -0.4 is 10.1 Å². The molecule has 0 aliphatic carbocycles. The van der Waals surface area contributed by atoms with Gasteiger partial charge in [0.2, 0.25) is 15.9 Å². The molecule has 0 fully saturated rings. The summed E-state index contributed by atoms with van der Waals surface area (Å²) in [7, 11) is -3.71. The summed E-state index contributed by atoms with van der Waals surface area (Å²) in [5.74, 6) is -0.100. The topological polar surface area (TPSA) is 75.7 Å². The molecule has 6 nitrogen and oxygen atoms in total. The Bertz CT molecular complexity index is 955. The first-order valence-corrected chi connectivity index (χ1v) is 10.7. The zero-order valence-corrected chi connectivity index (χ0v) is 17.3. The monoisotopic (exact) mass is 420 g/mol. The van der Waals surface area contributed by atoms with Crippen LogP contribution in [-0.4, -0.2) is 31.7 Å². The highest BCUT2D eigenvalue weighted by Gasteiger charge is 2.23. The standard InChI is InChI=1S/C21H25FN2O4S/c1-4-7-8-21(25)23-19-15-18(29(26,27)24(5-2)6-3)13-14-20(19)28-17-11-9-16(22)10-12-17/h4,9-15H,1,5-8H2,2-3H3,(H,23,25). The quantitative estimate of drug-likeness (QED) is 0.572. The summed E-state index contributed by atoms with van der Waals surface area (Å²) in [6.07, 6.45) is 2.31. The van der Waals surface area contributed by atoms with Crippen LogP contribution in [0.15, 0.2) is 60.0 Å². The summed E-state index contributed by atoms with van der Waals surface area (Å²) in [5, 5.41) is 2.70. The number of ether oxygens (including phenoxy) is 1. The number of carbonyl (C=O) groups excluding carboxylic acids is 1. The second kappa shape index (κ2) is 10.2. The third-order valence-corrected chi connectivity index (χ3v) is 6.23. The number of nitrogens with zero attached hydrogens (tertiary/aromatic N) is 1. The maximum absolute atomic E-state index is 13.1. The van der Waals surface area contributed by atoms with Crippen molar-refractivity contribution in [3.63, 3.8) is 0 Å². The van der Waals surface area contributed by atoms with Gasteiger partial charge in [0.1, 0.15) is 11.6 Å². The molecule has 156 valence electrons. The first-order valence-electron chi connectivity index (χ1n) is 9.30.